The number of hydrogen-bond acceptors (Lipinski definition) is 3. The second-order valence-corrected chi connectivity index (χ2v) is 4.06. The number of carbonyl (C=O) groups excluding carboxylic acids is 3. The summed E-state index contributed by atoms with van der Waals surface area (Å²) in [6, 6.07) is 8.71. The van der Waals surface area contributed by atoms with Gasteiger partial charge in [0.15, 0.2) is 5.78 Å². The van der Waals surface area contributed by atoms with Crippen molar-refractivity contribution in [2.75, 3.05) is 0 Å². The zero-order chi connectivity index (χ0) is 13.5. The van der Waals surface area contributed by atoms with Gasteiger partial charge in [-0.3, -0.25) is 14.4 Å². The fourth-order valence-electron chi connectivity index (χ4n) is 1.55. The van der Waals surface area contributed by atoms with E-state index in [0.29, 0.717) is 6.42 Å². The number of ketones is 1. The maximum Gasteiger partial charge on any atom is 0.230 e. The van der Waals surface area contributed by atoms with Crippen molar-refractivity contribution in [2.45, 2.75) is 25.8 Å². The molecule has 0 spiro atoms. The van der Waals surface area contributed by atoms with Crippen LogP contribution in [0.15, 0.2) is 30.3 Å². The van der Waals surface area contributed by atoms with Crippen molar-refractivity contribution < 1.29 is 14.4 Å². The quantitative estimate of drug-likeness (QED) is 0.704. The lowest BCUT2D eigenvalue weighted by molar-refractivity contribution is -0.130. The predicted molar refractivity (Wildman–Crippen MR) is 66.6 cm³/mol. The number of rotatable bonds is 6. The highest BCUT2D eigenvalue weighted by Crippen LogP contribution is 2.04. The van der Waals surface area contributed by atoms with Gasteiger partial charge in [-0.1, -0.05) is 30.3 Å². The van der Waals surface area contributed by atoms with Gasteiger partial charge in [-0.15, -0.1) is 0 Å². The third kappa shape index (κ3) is 4.78. The molecule has 1 unspecified atom stereocenters. The van der Waals surface area contributed by atoms with E-state index in [9.17, 15) is 14.4 Å². The molecule has 3 N–H and O–H groups in total. The summed E-state index contributed by atoms with van der Waals surface area (Å²) in [7, 11) is 0. The van der Waals surface area contributed by atoms with E-state index in [1.54, 1.807) is 0 Å². The summed E-state index contributed by atoms with van der Waals surface area (Å²) >= 11 is 0. The molecule has 5 nitrogen and oxygen atoms in total. The van der Waals surface area contributed by atoms with Crippen molar-refractivity contribution in [3.8, 4) is 0 Å². The molecule has 1 rings (SSSR count). The molecule has 5 heteroatoms. The van der Waals surface area contributed by atoms with Crippen molar-refractivity contribution >= 4 is 17.6 Å². The lowest BCUT2D eigenvalue weighted by Crippen LogP contribution is -2.42. The summed E-state index contributed by atoms with van der Waals surface area (Å²) in [6.45, 7) is 1.40. The molecule has 1 atom stereocenters. The molecule has 96 valence electrons. The Bertz CT molecular complexity index is 443. The van der Waals surface area contributed by atoms with E-state index < -0.39 is 24.3 Å². The van der Waals surface area contributed by atoms with E-state index in [1.165, 1.54) is 6.92 Å². The number of Topliss-reactive ketones (excluding diaryl/α,β-unsaturated/α-hetero) is 1. The van der Waals surface area contributed by atoms with E-state index in [4.69, 9.17) is 5.73 Å². The van der Waals surface area contributed by atoms with Crippen molar-refractivity contribution in [2.24, 2.45) is 5.73 Å². The Hall–Kier alpha value is -2.17. The van der Waals surface area contributed by atoms with E-state index in [2.05, 4.69) is 5.32 Å². The molecule has 0 fully saturated rings. The van der Waals surface area contributed by atoms with Crippen LogP contribution in [0.1, 0.15) is 18.9 Å². The molecule has 0 bridgehead atoms. The first-order chi connectivity index (χ1) is 8.49. The molecule has 1 aromatic rings. The van der Waals surface area contributed by atoms with Crippen molar-refractivity contribution in [3.63, 3.8) is 0 Å². The first kappa shape index (κ1) is 13.9. The average molecular weight is 248 g/mol. The molecule has 0 saturated heterocycles. The summed E-state index contributed by atoms with van der Waals surface area (Å²) in [6.07, 6.45) is -0.000749. The Labute approximate surface area is 105 Å². The number of nitrogens with one attached hydrogen (secondary N) is 1. The largest absolute Gasteiger partial charge is 0.369 e. The SMILES string of the molecule is CC(=O)C(Cc1ccccc1)NC(=O)CC(N)=O. The van der Waals surface area contributed by atoms with Crippen LogP contribution in [0.5, 0.6) is 0 Å². The van der Waals surface area contributed by atoms with Crippen LogP contribution < -0.4 is 11.1 Å². The Morgan fingerprint density at radius 3 is 2.33 bits per heavy atom. The maximum atomic E-state index is 11.4. The minimum Gasteiger partial charge on any atom is -0.369 e. The smallest absolute Gasteiger partial charge is 0.230 e. The van der Waals surface area contributed by atoms with Crippen LogP contribution >= 0.6 is 0 Å². The van der Waals surface area contributed by atoms with Crippen molar-refractivity contribution in [3.05, 3.63) is 35.9 Å². The fraction of sp³-hybridized carbons (Fsp3) is 0.308. The summed E-state index contributed by atoms with van der Waals surface area (Å²) in [5.41, 5.74) is 5.85. The first-order valence-corrected chi connectivity index (χ1v) is 5.61. The minimum atomic E-state index is -0.713. The van der Waals surface area contributed by atoms with E-state index in [1.807, 2.05) is 30.3 Å². The van der Waals surface area contributed by atoms with Gasteiger partial charge < -0.3 is 11.1 Å². The maximum absolute atomic E-state index is 11.4. The van der Waals surface area contributed by atoms with Crippen LogP contribution in [0.2, 0.25) is 0 Å². The molecule has 0 radical (unpaired) electrons. The number of nitrogens with two attached hydrogens (primary N) is 1. The van der Waals surface area contributed by atoms with Gasteiger partial charge in [0.25, 0.3) is 0 Å². The van der Waals surface area contributed by atoms with E-state index >= 15 is 0 Å². The molecule has 0 heterocycles. The minimum absolute atomic E-state index is 0.156. The highest BCUT2D eigenvalue weighted by Gasteiger charge is 2.18. The third-order valence-corrected chi connectivity index (χ3v) is 2.44. The molecule has 0 aliphatic heterocycles. The van der Waals surface area contributed by atoms with Gasteiger partial charge in [0.2, 0.25) is 11.8 Å². The van der Waals surface area contributed by atoms with Gasteiger partial charge in [0, 0.05) is 0 Å². The normalized spacial score (nSPS) is 11.6. The monoisotopic (exact) mass is 248 g/mol. The molecule has 0 aliphatic rings. The Morgan fingerprint density at radius 1 is 1.22 bits per heavy atom. The number of amides is 2. The molecule has 2 amide bonds. The Balaban J connectivity index is 2.64. The first-order valence-electron chi connectivity index (χ1n) is 5.61. The summed E-state index contributed by atoms with van der Waals surface area (Å²) < 4.78 is 0. The van der Waals surface area contributed by atoms with Crippen LogP contribution in [0.4, 0.5) is 0 Å². The highest BCUT2D eigenvalue weighted by atomic mass is 16.2. The Morgan fingerprint density at radius 2 is 1.83 bits per heavy atom. The van der Waals surface area contributed by atoms with Crippen LogP contribution in [-0.4, -0.2) is 23.6 Å². The topological polar surface area (TPSA) is 89.3 Å². The standard InChI is InChI=1S/C13H16N2O3/c1-9(16)11(15-13(18)8-12(14)17)7-10-5-3-2-4-6-10/h2-6,11H,7-8H2,1H3,(H2,14,17)(H,15,18). The summed E-state index contributed by atoms with van der Waals surface area (Å²) in [4.78, 5) is 33.4. The lowest BCUT2D eigenvalue weighted by Gasteiger charge is -2.15. The van der Waals surface area contributed by atoms with Crippen molar-refractivity contribution in [1.82, 2.24) is 5.32 Å². The molecule has 0 aromatic heterocycles. The van der Waals surface area contributed by atoms with Crippen molar-refractivity contribution in [1.29, 1.82) is 0 Å². The predicted octanol–water partition coefficient (Wildman–Crippen LogP) is 0.178. The van der Waals surface area contributed by atoms with Crippen LogP contribution in [0.3, 0.4) is 0 Å². The number of hydrogen-bond donors (Lipinski definition) is 2. The molecular weight excluding hydrogens is 232 g/mol. The molecule has 0 aliphatic carbocycles. The second-order valence-electron chi connectivity index (χ2n) is 4.06. The second kappa shape index (κ2) is 6.54. The van der Waals surface area contributed by atoms with E-state index in [-0.39, 0.29) is 5.78 Å². The van der Waals surface area contributed by atoms with Gasteiger partial charge in [0.1, 0.15) is 6.42 Å². The molecule has 1 aromatic carbocycles. The average Bonchev–Trinajstić information content (AvgIpc) is 2.28. The fourth-order valence-corrected chi connectivity index (χ4v) is 1.55. The molecular formula is C13H16N2O3. The zero-order valence-electron chi connectivity index (χ0n) is 10.2. The number of carbonyl (C=O) groups is 3. The van der Waals surface area contributed by atoms with Gasteiger partial charge in [-0.05, 0) is 18.9 Å². The van der Waals surface area contributed by atoms with Crippen LogP contribution in [0.25, 0.3) is 0 Å². The van der Waals surface area contributed by atoms with Gasteiger partial charge in [-0.25, -0.2) is 0 Å². The third-order valence-electron chi connectivity index (χ3n) is 2.44. The van der Waals surface area contributed by atoms with Gasteiger partial charge >= 0.3 is 0 Å². The summed E-state index contributed by atoms with van der Waals surface area (Å²) in [5.74, 6) is -1.40. The lowest BCUT2D eigenvalue weighted by atomic mass is 10.0. The zero-order valence-corrected chi connectivity index (χ0v) is 10.2. The van der Waals surface area contributed by atoms with E-state index in [0.717, 1.165) is 5.56 Å². The molecule has 18 heavy (non-hydrogen) atoms. The number of primary amides is 1. The molecule has 0 saturated carbocycles. The van der Waals surface area contributed by atoms with Gasteiger partial charge in [-0.2, -0.15) is 0 Å². The highest BCUT2D eigenvalue weighted by molar-refractivity contribution is 5.98. The van der Waals surface area contributed by atoms with Crippen LogP contribution in [-0.2, 0) is 20.8 Å². The number of benzene rings is 1. The van der Waals surface area contributed by atoms with Gasteiger partial charge in [0.05, 0.1) is 6.04 Å². The Kier molecular flexibility index (Phi) is 5.05. The summed E-state index contributed by atoms with van der Waals surface area (Å²) in [5, 5.41) is 2.51. The van der Waals surface area contributed by atoms with Crippen LogP contribution in [0, 0.1) is 0 Å².